The minimum atomic E-state index is -0.244. The number of carbonyl (C=O) groups is 1. The average molecular weight is 406 g/mol. The molecule has 0 spiro atoms. The van der Waals surface area contributed by atoms with E-state index in [0.717, 1.165) is 18.4 Å². The molecule has 0 fully saturated rings. The molecule has 29 heavy (non-hydrogen) atoms. The topological polar surface area (TPSA) is 52.3 Å². The van der Waals surface area contributed by atoms with Gasteiger partial charge in [-0.3, -0.25) is 4.79 Å². The number of rotatable bonds is 6. The van der Waals surface area contributed by atoms with Gasteiger partial charge in [-0.25, -0.2) is 0 Å². The lowest BCUT2D eigenvalue weighted by Gasteiger charge is -2.31. The van der Waals surface area contributed by atoms with Crippen LogP contribution in [0.2, 0.25) is 5.02 Å². The Hall–Kier alpha value is -2.78. The Balaban J connectivity index is 1.55. The van der Waals surface area contributed by atoms with Crippen LogP contribution in [0.1, 0.15) is 53.4 Å². The molecular weight excluding hydrogens is 382 g/mol. The normalized spacial score (nSPS) is 18.1. The molecule has 2 unspecified atom stereocenters. The number of hydrogen-bond donors (Lipinski definition) is 1. The van der Waals surface area contributed by atoms with Crippen molar-refractivity contribution in [3.8, 4) is 5.75 Å². The third-order valence-corrected chi connectivity index (χ3v) is 5.95. The first-order valence-electron chi connectivity index (χ1n) is 9.95. The Morgan fingerprint density at radius 1 is 0.966 bits per heavy atom. The Morgan fingerprint density at radius 3 is 2.41 bits per heavy atom. The molecule has 0 bridgehead atoms. The lowest BCUT2D eigenvalue weighted by molar-refractivity contribution is -0.118. The maximum absolute atomic E-state index is 11.5. The summed E-state index contributed by atoms with van der Waals surface area (Å²) in [6.07, 6.45) is 2.31. The van der Waals surface area contributed by atoms with Gasteiger partial charge in [-0.05, 0) is 53.1 Å². The van der Waals surface area contributed by atoms with Crippen LogP contribution in [0.15, 0.2) is 72.8 Å². The van der Waals surface area contributed by atoms with E-state index in [4.69, 9.17) is 22.1 Å². The van der Waals surface area contributed by atoms with Gasteiger partial charge in [-0.1, -0.05) is 72.3 Å². The highest BCUT2D eigenvalue weighted by Gasteiger charge is 2.29. The fourth-order valence-corrected chi connectivity index (χ4v) is 4.51. The fraction of sp³-hybridized carbons (Fsp3) is 0.240. The summed E-state index contributed by atoms with van der Waals surface area (Å²) in [4.78, 5) is 11.5. The molecule has 2 N–H and O–H groups in total. The molecular formula is C25H24ClNO2. The number of nitrogens with two attached hydrogens (primary N) is 1. The van der Waals surface area contributed by atoms with E-state index < -0.39 is 0 Å². The second kappa shape index (κ2) is 8.71. The van der Waals surface area contributed by atoms with Crippen molar-refractivity contribution in [3.05, 3.63) is 100 Å². The minimum Gasteiger partial charge on any atom is -0.487 e. The van der Waals surface area contributed by atoms with Gasteiger partial charge < -0.3 is 10.5 Å². The van der Waals surface area contributed by atoms with Crippen LogP contribution in [0.5, 0.6) is 5.75 Å². The molecule has 3 aromatic carbocycles. The van der Waals surface area contributed by atoms with E-state index in [2.05, 4.69) is 24.3 Å². The molecule has 0 heterocycles. The van der Waals surface area contributed by atoms with Crippen molar-refractivity contribution in [1.29, 1.82) is 0 Å². The van der Waals surface area contributed by atoms with Crippen LogP contribution >= 0.6 is 11.6 Å². The predicted octanol–water partition coefficient (Wildman–Crippen LogP) is 5.80. The van der Waals surface area contributed by atoms with Crippen molar-refractivity contribution in [2.75, 3.05) is 0 Å². The highest BCUT2D eigenvalue weighted by Crippen LogP contribution is 2.44. The van der Waals surface area contributed by atoms with Gasteiger partial charge in [0.15, 0.2) is 0 Å². The summed E-state index contributed by atoms with van der Waals surface area (Å²) in [6.45, 7) is 0.487. The number of fused-ring (bicyclic) bond motifs is 1. The molecule has 4 heteroatoms. The predicted molar refractivity (Wildman–Crippen MR) is 116 cm³/mol. The monoisotopic (exact) mass is 405 g/mol. The molecule has 148 valence electrons. The van der Waals surface area contributed by atoms with Crippen LogP contribution in [-0.4, -0.2) is 5.91 Å². The SMILES string of the molecule is NC(=O)CC1CCC(c2ccc(OCc3ccccc3)c(Cl)c2)c2ccccc21. The summed E-state index contributed by atoms with van der Waals surface area (Å²) in [7, 11) is 0. The van der Waals surface area contributed by atoms with Crippen molar-refractivity contribution in [3.63, 3.8) is 0 Å². The zero-order chi connectivity index (χ0) is 20.2. The molecule has 0 aromatic heterocycles. The molecule has 0 radical (unpaired) electrons. The number of ether oxygens (including phenoxy) is 1. The van der Waals surface area contributed by atoms with E-state index in [1.54, 1.807) is 0 Å². The van der Waals surface area contributed by atoms with Gasteiger partial charge in [0.05, 0.1) is 5.02 Å². The van der Waals surface area contributed by atoms with Crippen molar-refractivity contribution in [1.82, 2.24) is 0 Å². The lowest BCUT2D eigenvalue weighted by atomic mass is 9.73. The van der Waals surface area contributed by atoms with E-state index in [1.807, 2.05) is 48.5 Å². The van der Waals surface area contributed by atoms with Crippen molar-refractivity contribution in [2.24, 2.45) is 5.73 Å². The fourth-order valence-electron chi connectivity index (χ4n) is 4.27. The zero-order valence-corrected chi connectivity index (χ0v) is 16.9. The number of benzene rings is 3. The molecule has 4 rings (SSSR count). The second-order valence-electron chi connectivity index (χ2n) is 7.59. The summed E-state index contributed by atoms with van der Waals surface area (Å²) in [5, 5.41) is 0.621. The van der Waals surface area contributed by atoms with Gasteiger partial charge in [-0.2, -0.15) is 0 Å². The molecule has 0 aliphatic heterocycles. The van der Waals surface area contributed by atoms with Crippen LogP contribution in [0, 0.1) is 0 Å². The third kappa shape index (κ3) is 4.46. The summed E-state index contributed by atoms with van der Waals surface area (Å²) in [5.74, 6) is 0.904. The quantitative estimate of drug-likeness (QED) is 0.563. The van der Waals surface area contributed by atoms with Gasteiger partial charge in [0.25, 0.3) is 0 Å². The minimum absolute atomic E-state index is 0.198. The summed E-state index contributed by atoms with van der Waals surface area (Å²) in [6, 6.07) is 24.5. The van der Waals surface area contributed by atoms with Crippen LogP contribution in [0.4, 0.5) is 0 Å². The first-order valence-corrected chi connectivity index (χ1v) is 10.3. The molecule has 3 nitrogen and oxygen atoms in total. The lowest BCUT2D eigenvalue weighted by Crippen LogP contribution is -2.21. The maximum atomic E-state index is 11.5. The molecule has 1 amide bonds. The first kappa shape index (κ1) is 19.5. The summed E-state index contributed by atoms with van der Waals surface area (Å²) in [5.41, 5.74) is 10.2. The Morgan fingerprint density at radius 2 is 1.69 bits per heavy atom. The van der Waals surface area contributed by atoms with Gasteiger partial charge in [0.1, 0.15) is 12.4 Å². The maximum Gasteiger partial charge on any atom is 0.218 e. The second-order valence-corrected chi connectivity index (χ2v) is 8.00. The smallest absolute Gasteiger partial charge is 0.218 e. The van der Waals surface area contributed by atoms with Gasteiger partial charge in [0.2, 0.25) is 5.91 Å². The average Bonchev–Trinajstić information content (AvgIpc) is 2.73. The number of primary amides is 1. The van der Waals surface area contributed by atoms with Crippen LogP contribution in [0.25, 0.3) is 0 Å². The van der Waals surface area contributed by atoms with Crippen molar-refractivity contribution >= 4 is 17.5 Å². The largest absolute Gasteiger partial charge is 0.487 e. The zero-order valence-electron chi connectivity index (χ0n) is 16.2. The molecule has 3 aromatic rings. The number of carbonyl (C=O) groups excluding carboxylic acids is 1. The molecule has 2 atom stereocenters. The molecule has 1 aliphatic carbocycles. The molecule has 1 aliphatic rings. The summed E-state index contributed by atoms with van der Waals surface area (Å²) >= 11 is 6.55. The first-order chi connectivity index (χ1) is 14.1. The number of amides is 1. The highest BCUT2D eigenvalue weighted by molar-refractivity contribution is 6.32. The third-order valence-electron chi connectivity index (χ3n) is 5.66. The van der Waals surface area contributed by atoms with Crippen LogP contribution in [0.3, 0.4) is 0 Å². The highest BCUT2D eigenvalue weighted by atomic mass is 35.5. The van der Waals surface area contributed by atoms with E-state index in [1.165, 1.54) is 16.7 Å². The Labute approximate surface area is 176 Å². The van der Waals surface area contributed by atoms with E-state index >= 15 is 0 Å². The van der Waals surface area contributed by atoms with E-state index in [0.29, 0.717) is 23.8 Å². The number of hydrogen-bond acceptors (Lipinski definition) is 2. The van der Waals surface area contributed by atoms with Crippen LogP contribution < -0.4 is 10.5 Å². The van der Waals surface area contributed by atoms with Crippen molar-refractivity contribution < 1.29 is 9.53 Å². The van der Waals surface area contributed by atoms with Gasteiger partial charge in [0, 0.05) is 12.3 Å². The summed E-state index contributed by atoms with van der Waals surface area (Å²) < 4.78 is 5.91. The van der Waals surface area contributed by atoms with Gasteiger partial charge >= 0.3 is 0 Å². The molecule has 0 saturated carbocycles. The van der Waals surface area contributed by atoms with Crippen LogP contribution in [-0.2, 0) is 11.4 Å². The van der Waals surface area contributed by atoms with E-state index in [-0.39, 0.29) is 17.7 Å². The Bertz CT molecular complexity index is 1000. The van der Waals surface area contributed by atoms with E-state index in [9.17, 15) is 4.79 Å². The van der Waals surface area contributed by atoms with Gasteiger partial charge in [-0.15, -0.1) is 0 Å². The molecule has 0 saturated heterocycles. The Kier molecular flexibility index (Phi) is 5.86. The number of halogens is 1. The standard InChI is InChI=1S/C25H24ClNO2/c26-23-14-18(11-13-24(23)29-16-17-6-2-1-3-7-17)21-12-10-19(15-25(27)28)20-8-4-5-9-22(20)21/h1-9,11,13-14,19,21H,10,12,15-16H2,(H2,27,28). The van der Waals surface area contributed by atoms with Crippen molar-refractivity contribution in [2.45, 2.75) is 37.7 Å².